The Morgan fingerprint density at radius 3 is 2.94 bits per heavy atom. The van der Waals surface area contributed by atoms with Crippen LogP contribution in [-0.4, -0.2) is 8.07 Å². The van der Waals surface area contributed by atoms with Gasteiger partial charge in [0.1, 0.15) is 0 Å². The van der Waals surface area contributed by atoms with E-state index in [4.69, 9.17) is 0 Å². The van der Waals surface area contributed by atoms with Crippen LogP contribution < -0.4 is 5.19 Å². The third-order valence-electron chi connectivity index (χ3n) is 3.53. The van der Waals surface area contributed by atoms with E-state index in [-0.39, 0.29) is 0 Å². The highest BCUT2D eigenvalue weighted by molar-refractivity contribution is 6.91. The minimum atomic E-state index is -1.36. The van der Waals surface area contributed by atoms with Gasteiger partial charge in [0, 0.05) is 8.07 Å². The van der Waals surface area contributed by atoms with Crippen molar-refractivity contribution in [3.63, 3.8) is 0 Å². The number of hydrogen-bond acceptors (Lipinski definition) is 0. The Balaban J connectivity index is 2.21. The van der Waals surface area contributed by atoms with Crippen molar-refractivity contribution >= 4 is 13.3 Å². The quantitative estimate of drug-likeness (QED) is 0.417. The molecule has 1 atom stereocenters. The minimum Gasteiger partial charge on any atom is -0.212 e. The van der Waals surface area contributed by atoms with Gasteiger partial charge in [-0.2, -0.15) is 18.2 Å². The molecule has 0 amide bonds. The van der Waals surface area contributed by atoms with Gasteiger partial charge in [-0.25, -0.2) is 11.3 Å². The van der Waals surface area contributed by atoms with Crippen molar-refractivity contribution in [3.05, 3.63) is 60.7 Å². The van der Waals surface area contributed by atoms with Crippen LogP contribution in [0.1, 0.15) is 6.42 Å². The van der Waals surface area contributed by atoms with E-state index >= 15 is 0 Å². The van der Waals surface area contributed by atoms with Crippen LogP contribution in [0.3, 0.4) is 0 Å². The predicted octanol–water partition coefficient (Wildman–Crippen LogP) is 3.76. The monoisotopic (exact) mass is 227 g/mol. The van der Waals surface area contributed by atoms with Gasteiger partial charge in [-0.05, 0) is 17.5 Å². The fraction of sp³-hybridized carbons (Fsp3) is 0.267. The van der Waals surface area contributed by atoms with E-state index < -0.39 is 8.07 Å². The standard InChI is InChI=1S/C15H19Si/c1-4-7-13-10-11-15(12-13)16(2,3)14-8-5-6-9-14/h4-6,8-12,15H,1,7H2,2-3H3/q-1. The molecule has 1 aromatic carbocycles. The number of rotatable bonds is 4. The highest BCUT2D eigenvalue weighted by Crippen LogP contribution is 2.32. The molecule has 0 aliphatic heterocycles. The molecule has 1 aliphatic rings. The molecule has 0 saturated carbocycles. The van der Waals surface area contributed by atoms with Gasteiger partial charge in [-0.1, -0.05) is 37.4 Å². The first-order valence-corrected chi connectivity index (χ1v) is 8.94. The van der Waals surface area contributed by atoms with E-state index in [1.165, 1.54) is 5.57 Å². The molecule has 1 aromatic rings. The Bertz CT molecular complexity index is 418. The van der Waals surface area contributed by atoms with Crippen LogP contribution in [0.5, 0.6) is 0 Å². The zero-order valence-electron chi connectivity index (χ0n) is 10.1. The first-order valence-electron chi connectivity index (χ1n) is 5.86. The summed E-state index contributed by atoms with van der Waals surface area (Å²) in [7, 11) is -1.36. The molecule has 1 unspecified atom stereocenters. The lowest BCUT2D eigenvalue weighted by Crippen LogP contribution is -2.43. The second-order valence-electron chi connectivity index (χ2n) is 5.01. The Morgan fingerprint density at radius 1 is 1.50 bits per heavy atom. The van der Waals surface area contributed by atoms with Gasteiger partial charge in [-0.3, -0.25) is 0 Å². The average Bonchev–Trinajstić information content (AvgIpc) is 2.88. The van der Waals surface area contributed by atoms with Crippen LogP contribution in [0.15, 0.2) is 60.7 Å². The average molecular weight is 227 g/mol. The van der Waals surface area contributed by atoms with Crippen molar-refractivity contribution in [2.24, 2.45) is 0 Å². The summed E-state index contributed by atoms with van der Waals surface area (Å²) in [5.41, 5.74) is 2.07. The van der Waals surface area contributed by atoms with Crippen LogP contribution in [0.4, 0.5) is 0 Å². The highest BCUT2D eigenvalue weighted by atomic mass is 28.3. The highest BCUT2D eigenvalue weighted by Gasteiger charge is 2.27. The van der Waals surface area contributed by atoms with Crippen LogP contribution in [0.25, 0.3) is 0 Å². The van der Waals surface area contributed by atoms with Gasteiger partial charge in [-0.15, -0.1) is 6.58 Å². The van der Waals surface area contributed by atoms with Crippen LogP contribution >= 0.6 is 0 Å². The van der Waals surface area contributed by atoms with Crippen LogP contribution in [0, 0.1) is 0 Å². The molecule has 0 aromatic heterocycles. The summed E-state index contributed by atoms with van der Waals surface area (Å²) >= 11 is 0. The first kappa shape index (κ1) is 11.3. The molecule has 84 valence electrons. The second kappa shape index (κ2) is 4.34. The van der Waals surface area contributed by atoms with Gasteiger partial charge < -0.3 is 0 Å². The molecular formula is C15H19Si-. The van der Waals surface area contributed by atoms with Gasteiger partial charge in [0.15, 0.2) is 0 Å². The summed E-state index contributed by atoms with van der Waals surface area (Å²) in [6, 6.07) is 8.85. The van der Waals surface area contributed by atoms with E-state index in [9.17, 15) is 0 Å². The fourth-order valence-corrected chi connectivity index (χ4v) is 4.96. The summed E-state index contributed by atoms with van der Waals surface area (Å²) < 4.78 is 0. The zero-order valence-corrected chi connectivity index (χ0v) is 11.1. The van der Waals surface area contributed by atoms with Crippen molar-refractivity contribution in [3.8, 4) is 0 Å². The summed E-state index contributed by atoms with van der Waals surface area (Å²) in [6.45, 7) is 8.70. The predicted molar refractivity (Wildman–Crippen MR) is 74.9 cm³/mol. The lowest BCUT2D eigenvalue weighted by atomic mass is 10.2. The molecule has 2 rings (SSSR count). The Kier molecular flexibility index (Phi) is 3.06. The third kappa shape index (κ3) is 2.00. The SMILES string of the molecule is C=CCC1=CC([Si](C)(C)c2cc[cH-]c2)C=C1. The molecule has 0 heterocycles. The molecule has 16 heavy (non-hydrogen) atoms. The number of allylic oxidation sites excluding steroid dienone is 5. The second-order valence-corrected chi connectivity index (χ2v) is 9.70. The van der Waals surface area contributed by atoms with Crippen molar-refractivity contribution in [2.75, 3.05) is 0 Å². The molecule has 0 saturated heterocycles. The summed E-state index contributed by atoms with van der Waals surface area (Å²) in [4.78, 5) is 0. The van der Waals surface area contributed by atoms with E-state index in [0.717, 1.165) is 6.42 Å². The molecule has 1 heteroatoms. The lowest BCUT2D eigenvalue weighted by Gasteiger charge is -2.32. The largest absolute Gasteiger partial charge is 0.212 e. The van der Waals surface area contributed by atoms with Crippen molar-refractivity contribution in [2.45, 2.75) is 25.1 Å². The summed E-state index contributed by atoms with van der Waals surface area (Å²) in [5, 5.41) is 1.55. The van der Waals surface area contributed by atoms with Crippen LogP contribution in [-0.2, 0) is 0 Å². The third-order valence-corrected chi connectivity index (χ3v) is 7.38. The van der Waals surface area contributed by atoms with Gasteiger partial charge >= 0.3 is 0 Å². The van der Waals surface area contributed by atoms with E-state index in [2.05, 4.69) is 62.2 Å². The molecule has 0 nitrogen and oxygen atoms in total. The van der Waals surface area contributed by atoms with Gasteiger partial charge in [0.2, 0.25) is 0 Å². The summed E-state index contributed by atoms with van der Waals surface area (Å²) in [6.07, 6.45) is 10.1. The lowest BCUT2D eigenvalue weighted by molar-refractivity contribution is 1.26. The fourth-order valence-electron chi connectivity index (χ4n) is 2.32. The van der Waals surface area contributed by atoms with Crippen molar-refractivity contribution < 1.29 is 0 Å². The first-order chi connectivity index (χ1) is 7.64. The maximum atomic E-state index is 3.80. The topological polar surface area (TPSA) is 0 Å². The number of hydrogen-bond donors (Lipinski definition) is 0. The molecule has 0 bridgehead atoms. The van der Waals surface area contributed by atoms with E-state index in [1.807, 2.05) is 6.08 Å². The molecule has 0 spiro atoms. The Morgan fingerprint density at radius 2 is 2.31 bits per heavy atom. The van der Waals surface area contributed by atoms with E-state index in [0.29, 0.717) is 5.54 Å². The molecule has 0 radical (unpaired) electrons. The maximum absolute atomic E-state index is 3.80. The van der Waals surface area contributed by atoms with Gasteiger partial charge in [0.05, 0.1) is 0 Å². The smallest absolute Gasteiger partial charge is 0.0203 e. The van der Waals surface area contributed by atoms with E-state index in [1.54, 1.807) is 5.19 Å². The summed E-state index contributed by atoms with van der Waals surface area (Å²) in [5.74, 6) is 0. The molecule has 0 N–H and O–H groups in total. The Labute approximate surface area is 99.4 Å². The van der Waals surface area contributed by atoms with Crippen LogP contribution in [0.2, 0.25) is 18.6 Å². The normalized spacial score (nSPS) is 19.9. The Hall–Kier alpha value is -1.21. The minimum absolute atomic E-state index is 0.643. The zero-order chi connectivity index (χ0) is 11.6. The molecule has 0 fully saturated rings. The molecule has 1 aliphatic carbocycles. The molecular weight excluding hydrogens is 208 g/mol. The van der Waals surface area contributed by atoms with Gasteiger partial charge in [0.25, 0.3) is 0 Å². The van der Waals surface area contributed by atoms with Crippen molar-refractivity contribution in [1.29, 1.82) is 0 Å². The van der Waals surface area contributed by atoms with Crippen molar-refractivity contribution in [1.82, 2.24) is 0 Å². The maximum Gasteiger partial charge on any atom is 0.0203 e.